The number of nitrogens with one attached hydrogen (secondary N) is 1. The van der Waals surface area contributed by atoms with Gasteiger partial charge in [0.2, 0.25) is 0 Å². The molecule has 0 aromatic heterocycles. The van der Waals surface area contributed by atoms with Crippen LogP contribution >= 0.6 is 24.0 Å². The molecule has 1 aromatic carbocycles. The number of benzene rings is 1. The fourth-order valence-corrected chi connectivity index (χ4v) is 1.48. The lowest BCUT2D eigenvalue weighted by Crippen LogP contribution is -2.18. The van der Waals surface area contributed by atoms with Crippen molar-refractivity contribution >= 4 is 30.1 Å². The summed E-state index contributed by atoms with van der Waals surface area (Å²) in [5.74, 6) is -0.472. The Kier molecular flexibility index (Phi) is 3.77. The number of ether oxygens (including phenoxy) is 1. The largest absolute Gasteiger partial charge is 0.447 e. The summed E-state index contributed by atoms with van der Waals surface area (Å²) in [4.78, 5) is 10.7. The third-order valence-corrected chi connectivity index (χ3v) is 2.31. The van der Waals surface area contributed by atoms with Gasteiger partial charge in [-0.15, -0.1) is 12.4 Å². The van der Waals surface area contributed by atoms with E-state index in [9.17, 15) is 9.18 Å². The number of cyclic esters (lactones) is 1. The van der Waals surface area contributed by atoms with E-state index < -0.39 is 11.9 Å². The Balaban J connectivity index is 0.00000112. The highest BCUT2D eigenvalue weighted by molar-refractivity contribution is 6.30. The lowest BCUT2D eigenvalue weighted by Gasteiger charge is -2.07. The Morgan fingerprint density at radius 2 is 2.27 bits per heavy atom. The van der Waals surface area contributed by atoms with E-state index in [1.54, 1.807) is 6.07 Å². The summed E-state index contributed by atoms with van der Waals surface area (Å²) in [5.41, 5.74) is 0.738. The summed E-state index contributed by atoms with van der Waals surface area (Å²) in [6, 6.07) is 4.08. The third kappa shape index (κ3) is 2.52. The smallest absolute Gasteiger partial charge is 0.407 e. The molecule has 1 aromatic rings. The Hall–Kier alpha value is -1.00. The van der Waals surface area contributed by atoms with Gasteiger partial charge >= 0.3 is 6.09 Å². The molecule has 1 aliphatic heterocycles. The molecule has 6 heteroatoms. The van der Waals surface area contributed by atoms with Crippen LogP contribution in [0.3, 0.4) is 0 Å². The summed E-state index contributed by atoms with van der Waals surface area (Å²) in [6.07, 6.45) is -0.463. The molecule has 1 fully saturated rings. The molecule has 0 aliphatic carbocycles. The van der Waals surface area contributed by atoms with Crippen LogP contribution in [-0.4, -0.2) is 12.7 Å². The number of amides is 1. The molecule has 0 saturated carbocycles. The van der Waals surface area contributed by atoms with Crippen LogP contribution in [0.4, 0.5) is 9.18 Å². The van der Waals surface area contributed by atoms with Crippen LogP contribution in [0.25, 0.3) is 0 Å². The zero-order chi connectivity index (χ0) is 10.1. The highest BCUT2D eigenvalue weighted by Crippen LogP contribution is 2.23. The van der Waals surface area contributed by atoms with Gasteiger partial charge in [0.25, 0.3) is 0 Å². The van der Waals surface area contributed by atoms with Gasteiger partial charge in [0.05, 0.1) is 11.1 Å². The topological polar surface area (TPSA) is 38.3 Å². The fraction of sp³-hybridized carbons (Fsp3) is 0.222. The molecule has 0 unspecified atom stereocenters. The lowest BCUT2D eigenvalue weighted by atomic mass is 10.1. The second kappa shape index (κ2) is 4.68. The van der Waals surface area contributed by atoms with E-state index in [0.29, 0.717) is 0 Å². The molecule has 2 rings (SSSR count). The van der Waals surface area contributed by atoms with Gasteiger partial charge in [-0.2, -0.15) is 0 Å². The zero-order valence-electron chi connectivity index (χ0n) is 7.50. The van der Waals surface area contributed by atoms with Gasteiger partial charge in [0.1, 0.15) is 12.4 Å². The summed E-state index contributed by atoms with van der Waals surface area (Å²) in [5, 5.41) is 2.62. The van der Waals surface area contributed by atoms with Crippen LogP contribution in [0.5, 0.6) is 0 Å². The second-order valence-corrected chi connectivity index (χ2v) is 3.38. The van der Waals surface area contributed by atoms with Crippen LogP contribution in [-0.2, 0) is 4.74 Å². The molecule has 15 heavy (non-hydrogen) atoms. The predicted octanol–water partition coefficient (Wildman–Crippen LogP) is 2.68. The maximum Gasteiger partial charge on any atom is 0.407 e. The van der Waals surface area contributed by atoms with Gasteiger partial charge in [0, 0.05) is 0 Å². The molecule has 1 saturated heterocycles. The van der Waals surface area contributed by atoms with E-state index in [2.05, 4.69) is 5.32 Å². The van der Waals surface area contributed by atoms with Crippen molar-refractivity contribution in [1.29, 1.82) is 0 Å². The SMILES string of the molecule is Cl.O=C1N[C@@H](c2ccc(F)c(Cl)c2)CO1. The molecule has 1 heterocycles. The first-order valence-electron chi connectivity index (χ1n) is 4.05. The highest BCUT2D eigenvalue weighted by atomic mass is 35.5. The molecule has 1 aliphatic rings. The van der Waals surface area contributed by atoms with Crippen molar-refractivity contribution in [2.24, 2.45) is 0 Å². The summed E-state index contributed by atoms with van der Waals surface area (Å²) >= 11 is 5.60. The highest BCUT2D eigenvalue weighted by Gasteiger charge is 2.24. The molecule has 82 valence electrons. The number of hydrogen-bond donors (Lipinski definition) is 1. The molecule has 1 N–H and O–H groups in total. The van der Waals surface area contributed by atoms with Crippen molar-refractivity contribution in [3.8, 4) is 0 Å². The van der Waals surface area contributed by atoms with E-state index in [-0.39, 0.29) is 30.1 Å². The lowest BCUT2D eigenvalue weighted by molar-refractivity contribution is 0.177. The second-order valence-electron chi connectivity index (χ2n) is 2.97. The minimum absolute atomic E-state index is 0. The summed E-state index contributed by atoms with van der Waals surface area (Å²) in [7, 11) is 0. The number of carbonyl (C=O) groups is 1. The minimum Gasteiger partial charge on any atom is -0.447 e. The summed E-state index contributed by atoms with van der Waals surface area (Å²) in [6.45, 7) is 0.251. The van der Waals surface area contributed by atoms with Gasteiger partial charge in [-0.05, 0) is 17.7 Å². The van der Waals surface area contributed by atoms with Gasteiger partial charge in [-0.1, -0.05) is 17.7 Å². The predicted molar refractivity (Wildman–Crippen MR) is 55.9 cm³/mol. The molecule has 0 radical (unpaired) electrons. The molecule has 0 bridgehead atoms. The van der Waals surface area contributed by atoms with Gasteiger partial charge in [-0.25, -0.2) is 9.18 Å². The Morgan fingerprint density at radius 1 is 1.53 bits per heavy atom. The van der Waals surface area contributed by atoms with Crippen molar-refractivity contribution in [2.45, 2.75) is 6.04 Å². The zero-order valence-corrected chi connectivity index (χ0v) is 9.07. The van der Waals surface area contributed by atoms with Crippen LogP contribution < -0.4 is 5.32 Å². The van der Waals surface area contributed by atoms with E-state index in [4.69, 9.17) is 16.3 Å². The van der Waals surface area contributed by atoms with Gasteiger partial charge < -0.3 is 10.1 Å². The quantitative estimate of drug-likeness (QED) is 0.834. The normalized spacial score (nSPS) is 19.1. The average Bonchev–Trinajstić information content (AvgIpc) is 2.57. The molecule has 0 spiro atoms. The van der Waals surface area contributed by atoms with E-state index in [1.165, 1.54) is 12.1 Å². The van der Waals surface area contributed by atoms with Crippen LogP contribution in [0.15, 0.2) is 18.2 Å². The Labute approximate surface area is 97.0 Å². The van der Waals surface area contributed by atoms with E-state index in [1.807, 2.05) is 0 Å². The molecule has 3 nitrogen and oxygen atoms in total. The van der Waals surface area contributed by atoms with Crippen molar-refractivity contribution in [1.82, 2.24) is 5.32 Å². The van der Waals surface area contributed by atoms with Crippen molar-refractivity contribution in [2.75, 3.05) is 6.61 Å². The first kappa shape index (κ1) is 12.1. The molecule has 1 amide bonds. The van der Waals surface area contributed by atoms with Crippen LogP contribution in [0.1, 0.15) is 11.6 Å². The standard InChI is InChI=1S/C9H7ClFNO2.ClH/c10-6-3-5(1-2-7(6)11)8-4-14-9(13)12-8;/h1-3,8H,4H2,(H,12,13);1H/t8-;/m1./s1. The molecule has 1 atom stereocenters. The number of halogens is 3. The van der Waals surface area contributed by atoms with Crippen LogP contribution in [0.2, 0.25) is 5.02 Å². The maximum atomic E-state index is 12.8. The van der Waals surface area contributed by atoms with Crippen molar-refractivity contribution in [3.05, 3.63) is 34.6 Å². The van der Waals surface area contributed by atoms with E-state index >= 15 is 0 Å². The monoisotopic (exact) mass is 251 g/mol. The Bertz CT molecular complexity index is 386. The van der Waals surface area contributed by atoms with E-state index in [0.717, 1.165) is 5.56 Å². The number of hydrogen-bond acceptors (Lipinski definition) is 2. The average molecular weight is 252 g/mol. The minimum atomic E-state index is -0.472. The number of rotatable bonds is 1. The fourth-order valence-electron chi connectivity index (χ4n) is 1.29. The van der Waals surface area contributed by atoms with Crippen LogP contribution in [0, 0.1) is 5.82 Å². The van der Waals surface area contributed by atoms with Gasteiger partial charge in [0.15, 0.2) is 0 Å². The number of carbonyl (C=O) groups excluding carboxylic acids is 1. The number of alkyl carbamates (subject to hydrolysis) is 1. The molecular formula is C9H8Cl2FNO2. The van der Waals surface area contributed by atoms with Crippen molar-refractivity contribution in [3.63, 3.8) is 0 Å². The molecular weight excluding hydrogens is 244 g/mol. The van der Waals surface area contributed by atoms with Crippen molar-refractivity contribution < 1.29 is 13.9 Å². The first-order chi connectivity index (χ1) is 6.66. The third-order valence-electron chi connectivity index (χ3n) is 2.02. The first-order valence-corrected chi connectivity index (χ1v) is 4.43. The summed E-state index contributed by atoms with van der Waals surface area (Å²) < 4.78 is 17.5. The Morgan fingerprint density at radius 3 is 2.80 bits per heavy atom. The maximum absolute atomic E-state index is 12.8. The van der Waals surface area contributed by atoms with Gasteiger partial charge in [-0.3, -0.25) is 0 Å².